The summed E-state index contributed by atoms with van der Waals surface area (Å²) in [6.45, 7) is 4.30. The van der Waals surface area contributed by atoms with Crippen molar-refractivity contribution in [3.8, 4) is 0 Å². The molecule has 6 heteroatoms. The molecule has 0 saturated heterocycles. The number of amides is 1. The first-order chi connectivity index (χ1) is 12.6. The molecule has 0 radical (unpaired) electrons. The number of hydrogen-bond acceptors (Lipinski definition) is 4. The van der Waals surface area contributed by atoms with E-state index >= 15 is 0 Å². The van der Waals surface area contributed by atoms with Crippen LogP contribution in [0.2, 0.25) is 0 Å². The zero-order valence-electron chi connectivity index (χ0n) is 15.1. The Morgan fingerprint density at radius 1 is 1.19 bits per heavy atom. The van der Waals surface area contributed by atoms with Gasteiger partial charge in [0.1, 0.15) is 6.54 Å². The molecule has 1 amide bonds. The number of aliphatic hydroxyl groups is 1. The molecular weight excluding hydrogens is 328 g/mol. The minimum atomic E-state index is -0.505. The molecule has 1 aromatic heterocycles. The quantitative estimate of drug-likeness (QED) is 0.611. The Labute approximate surface area is 152 Å². The maximum atomic E-state index is 12.5. The van der Waals surface area contributed by atoms with E-state index in [1.165, 1.54) is 5.56 Å². The minimum Gasteiger partial charge on any atom is -0.392 e. The van der Waals surface area contributed by atoms with Gasteiger partial charge in [-0.15, -0.1) is 0 Å². The third-order valence-corrected chi connectivity index (χ3v) is 4.16. The second-order valence-corrected chi connectivity index (χ2v) is 6.34. The van der Waals surface area contributed by atoms with Crippen LogP contribution >= 0.6 is 0 Å². The molecule has 1 atom stereocenters. The first-order valence-electron chi connectivity index (χ1n) is 8.83. The van der Waals surface area contributed by atoms with E-state index in [4.69, 9.17) is 0 Å². The summed E-state index contributed by atoms with van der Waals surface area (Å²) in [5.41, 5.74) is 3.68. The van der Waals surface area contributed by atoms with Gasteiger partial charge in [0.15, 0.2) is 0 Å². The Morgan fingerprint density at radius 2 is 1.92 bits per heavy atom. The highest BCUT2D eigenvalue weighted by atomic mass is 16.3. The van der Waals surface area contributed by atoms with Gasteiger partial charge in [-0.25, -0.2) is 4.98 Å². The van der Waals surface area contributed by atoms with Crippen molar-refractivity contribution in [2.24, 2.45) is 0 Å². The molecule has 2 aromatic carbocycles. The molecule has 0 spiro atoms. The molecule has 3 N–H and O–H groups in total. The number of nitrogens with one attached hydrogen (secondary N) is 2. The lowest BCUT2D eigenvalue weighted by Crippen LogP contribution is -2.22. The van der Waals surface area contributed by atoms with Crippen LogP contribution in [0.25, 0.3) is 11.0 Å². The van der Waals surface area contributed by atoms with Gasteiger partial charge >= 0.3 is 0 Å². The lowest BCUT2D eigenvalue weighted by molar-refractivity contribution is -0.116. The highest BCUT2D eigenvalue weighted by Gasteiger charge is 2.14. The average Bonchev–Trinajstić information content (AvgIpc) is 2.98. The van der Waals surface area contributed by atoms with Crippen molar-refractivity contribution >= 4 is 28.6 Å². The zero-order valence-corrected chi connectivity index (χ0v) is 15.1. The summed E-state index contributed by atoms with van der Waals surface area (Å²) in [5.74, 6) is 0.445. The molecule has 0 aliphatic rings. The van der Waals surface area contributed by atoms with E-state index in [1.807, 2.05) is 53.1 Å². The molecule has 136 valence electrons. The van der Waals surface area contributed by atoms with E-state index in [0.29, 0.717) is 12.5 Å². The van der Waals surface area contributed by atoms with Crippen LogP contribution in [0, 0.1) is 0 Å². The number of benzene rings is 2. The molecule has 6 nitrogen and oxygen atoms in total. The Bertz CT molecular complexity index is 884. The van der Waals surface area contributed by atoms with Crippen LogP contribution in [-0.2, 0) is 17.8 Å². The molecule has 0 aliphatic heterocycles. The van der Waals surface area contributed by atoms with E-state index in [1.54, 1.807) is 6.92 Å². The molecule has 0 saturated carbocycles. The van der Waals surface area contributed by atoms with Crippen molar-refractivity contribution < 1.29 is 9.90 Å². The molecule has 0 bridgehead atoms. The van der Waals surface area contributed by atoms with Crippen LogP contribution < -0.4 is 10.6 Å². The lowest BCUT2D eigenvalue weighted by Gasteiger charge is -2.12. The summed E-state index contributed by atoms with van der Waals surface area (Å²) in [4.78, 5) is 17.1. The van der Waals surface area contributed by atoms with Gasteiger partial charge in [-0.2, -0.15) is 0 Å². The van der Waals surface area contributed by atoms with Gasteiger partial charge in [0.2, 0.25) is 11.9 Å². The maximum Gasteiger partial charge on any atom is 0.244 e. The van der Waals surface area contributed by atoms with Crippen LogP contribution in [0.4, 0.5) is 11.6 Å². The van der Waals surface area contributed by atoms with Crippen molar-refractivity contribution in [2.75, 3.05) is 17.2 Å². The molecule has 3 rings (SSSR count). The van der Waals surface area contributed by atoms with E-state index in [-0.39, 0.29) is 12.5 Å². The lowest BCUT2D eigenvalue weighted by atomic mass is 10.1. The Morgan fingerprint density at radius 3 is 2.62 bits per heavy atom. The van der Waals surface area contributed by atoms with Crippen LogP contribution in [0.3, 0.4) is 0 Å². The second-order valence-electron chi connectivity index (χ2n) is 6.34. The van der Waals surface area contributed by atoms with E-state index in [0.717, 1.165) is 23.1 Å². The summed E-state index contributed by atoms with van der Waals surface area (Å²) in [5, 5.41) is 15.6. The topological polar surface area (TPSA) is 79.2 Å². The van der Waals surface area contributed by atoms with Crippen molar-refractivity contribution in [3.63, 3.8) is 0 Å². The third-order valence-electron chi connectivity index (χ3n) is 4.16. The SMILES string of the molecule is CCc1ccc(NC(=O)Cn2c(NCC(C)O)nc3ccccc32)cc1. The van der Waals surface area contributed by atoms with Gasteiger partial charge in [0, 0.05) is 12.2 Å². The number of anilines is 2. The fourth-order valence-corrected chi connectivity index (χ4v) is 2.78. The molecule has 1 unspecified atom stereocenters. The Hall–Kier alpha value is -2.86. The molecular formula is C20H24N4O2. The molecule has 1 heterocycles. The summed E-state index contributed by atoms with van der Waals surface area (Å²) in [6.07, 6.45) is 0.460. The summed E-state index contributed by atoms with van der Waals surface area (Å²) in [6, 6.07) is 15.5. The Balaban J connectivity index is 1.79. The number of fused-ring (bicyclic) bond motifs is 1. The van der Waals surface area contributed by atoms with E-state index in [9.17, 15) is 9.90 Å². The van der Waals surface area contributed by atoms with Gasteiger partial charge in [0.25, 0.3) is 0 Å². The number of aromatic nitrogens is 2. The minimum absolute atomic E-state index is 0.127. The molecule has 26 heavy (non-hydrogen) atoms. The summed E-state index contributed by atoms with van der Waals surface area (Å²) >= 11 is 0. The van der Waals surface area contributed by atoms with Crippen LogP contribution in [0.5, 0.6) is 0 Å². The molecule has 3 aromatic rings. The number of nitrogens with zero attached hydrogens (tertiary/aromatic N) is 2. The van der Waals surface area contributed by atoms with Crippen molar-refractivity contribution in [2.45, 2.75) is 32.9 Å². The number of carbonyl (C=O) groups is 1. The number of hydrogen-bond donors (Lipinski definition) is 3. The second kappa shape index (κ2) is 8.01. The van der Waals surface area contributed by atoms with Crippen LogP contribution in [0.1, 0.15) is 19.4 Å². The molecule has 0 aliphatic carbocycles. The van der Waals surface area contributed by atoms with Gasteiger partial charge in [-0.05, 0) is 43.2 Å². The van der Waals surface area contributed by atoms with E-state index in [2.05, 4.69) is 22.5 Å². The monoisotopic (exact) mass is 352 g/mol. The Kier molecular flexibility index (Phi) is 5.53. The maximum absolute atomic E-state index is 12.5. The van der Waals surface area contributed by atoms with Gasteiger partial charge < -0.3 is 20.3 Å². The third kappa shape index (κ3) is 4.21. The number of aliphatic hydroxyl groups excluding tert-OH is 1. The highest BCUT2D eigenvalue weighted by molar-refractivity contribution is 5.92. The van der Waals surface area contributed by atoms with Crippen LogP contribution in [-0.4, -0.2) is 33.2 Å². The van der Waals surface area contributed by atoms with E-state index < -0.39 is 6.10 Å². The summed E-state index contributed by atoms with van der Waals surface area (Å²) < 4.78 is 1.83. The fraction of sp³-hybridized carbons (Fsp3) is 0.300. The highest BCUT2D eigenvalue weighted by Crippen LogP contribution is 2.20. The normalized spacial score (nSPS) is 12.1. The zero-order chi connectivity index (χ0) is 18.5. The van der Waals surface area contributed by atoms with Crippen molar-refractivity contribution in [1.82, 2.24) is 9.55 Å². The van der Waals surface area contributed by atoms with Crippen molar-refractivity contribution in [1.29, 1.82) is 0 Å². The standard InChI is InChI=1S/C20H24N4O2/c1-3-15-8-10-16(11-9-15)22-19(26)13-24-18-7-5-4-6-17(18)23-20(24)21-12-14(2)25/h4-11,14,25H,3,12-13H2,1-2H3,(H,21,23)(H,22,26). The number of carbonyl (C=O) groups excluding carboxylic acids is 1. The average molecular weight is 352 g/mol. The number of imidazole rings is 1. The number of aryl methyl sites for hydroxylation is 1. The fourth-order valence-electron chi connectivity index (χ4n) is 2.78. The predicted octanol–water partition coefficient (Wildman–Crippen LogP) is 3.03. The smallest absolute Gasteiger partial charge is 0.244 e. The first-order valence-corrected chi connectivity index (χ1v) is 8.83. The molecule has 0 fully saturated rings. The predicted molar refractivity (Wildman–Crippen MR) is 104 cm³/mol. The largest absolute Gasteiger partial charge is 0.392 e. The number of para-hydroxylation sites is 2. The summed E-state index contributed by atoms with van der Waals surface area (Å²) in [7, 11) is 0. The van der Waals surface area contributed by atoms with Crippen LogP contribution in [0.15, 0.2) is 48.5 Å². The number of rotatable bonds is 7. The first kappa shape index (κ1) is 17.9. The van der Waals surface area contributed by atoms with Gasteiger partial charge in [-0.3, -0.25) is 4.79 Å². The van der Waals surface area contributed by atoms with Gasteiger partial charge in [0.05, 0.1) is 17.1 Å². The van der Waals surface area contributed by atoms with Crippen molar-refractivity contribution in [3.05, 3.63) is 54.1 Å². The van der Waals surface area contributed by atoms with Gasteiger partial charge in [-0.1, -0.05) is 31.2 Å².